The Bertz CT molecular complexity index is 302. The lowest BCUT2D eigenvalue weighted by atomic mass is 10.3. The van der Waals surface area contributed by atoms with Crippen molar-refractivity contribution in [3.05, 3.63) is 30.1 Å². The van der Waals surface area contributed by atoms with Crippen LogP contribution in [0.5, 0.6) is 0 Å². The highest BCUT2D eigenvalue weighted by Crippen LogP contribution is 2.46. The summed E-state index contributed by atoms with van der Waals surface area (Å²) in [6.07, 6.45) is 2.95. The number of rotatable bonds is 2. The van der Waals surface area contributed by atoms with Gasteiger partial charge >= 0.3 is 7.60 Å². The minimum Gasteiger partial charge on any atom is -1.00 e. The van der Waals surface area contributed by atoms with Gasteiger partial charge in [-0.25, -0.2) is 0 Å². The highest BCUT2D eigenvalue weighted by atomic mass is 35.5. The van der Waals surface area contributed by atoms with Crippen molar-refractivity contribution in [2.24, 2.45) is 0 Å². The second-order valence-corrected chi connectivity index (χ2v) is 4.19. The lowest BCUT2D eigenvalue weighted by molar-refractivity contribution is -0.399. The first kappa shape index (κ1) is 12.6. The van der Waals surface area contributed by atoms with Gasteiger partial charge in [0.1, 0.15) is 0 Å². The summed E-state index contributed by atoms with van der Waals surface area (Å²) in [5.74, 6) is -1.000. The third-order valence-electron chi connectivity index (χ3n) is 1.50. The summed E-state index contributed by atoms with van der Waals surface area (Å²) >= 11 is 0. The van der Waals surface area contributed by atoms with E-state index in [1.54, 1.807) is 0 Å². The zero-order chi connectivity index (χ0) is 9.19. The van der Waals surface area contributed by atoms with Gasteiger partial charge in [-0.1, -0.05) is 0 Å². The summed E-state index contributed by atoms with van der Waals surface area (Å²) in [5, 5.41) is 0. The molecule has 0 aliphatic rings. The smallest absolute Gasteiger partial charge is 0.387 e. The molecule has 0 radical (unpaired) electrons. The van der Waals surface area contributed by atoms with Crippen LogP contribution in [0.1, 0.15) is 11.3 Å². The summed E-state index contributed by atoms with van der Waals surface area (Å²) in [5.41, 5.74) is 3.89. The Hall–Kier alpha value is -0.450. The fourth-order valence-electron chi connectivity index (χ4n) is 0.780. The van der Waals surface area contributed by atoms with Crippen molar-refractivity contribution < 1.29 is 32.5 Å². The van der Waals surface area contributed by atoms with Gasteiger partial charge in [-0.2, -0.15) is 0 Å². The van der Waals surface area contributed by atoms with Crippen molar-refractivity contribution in [1.82, 2.24) is 4.98 Å². The molecule has 1 heterocycles. The van der Waals surface area contributed by atoms with Crippen molar-refractivity contribution in [1.29, 1.82) is 0 Å². The first-order valence-corrected chi connectivity index (χ1v) is 4.98. The number of quaternary nitrogens is 1. The van der Waals surface area contributed by atoms with Crippen LogP contribution < -0.4 is 18.1 Å². The molecule has 1 rings (SSSR count). The molecule has 0 saturated heterocycles. The summed E-state index contributed by atoms with van der Waals surface area (Å²) in [4.78, 5) is 21.3. The zero-order valence-electron chi connectivity index (χ0n) is 6.67. The number of pyridine rings is 1. The average Bonchev–Trinajstić information content (AvgIpc) is 2.03. The largest absolute Gasteiger partial charge is 1.00 e. The van der Waals surface area contributed by atoms with Gasteiger partial charge in [-0.3, -0.25) is 9.55 Å². The average molecular weight is 225 g/mol. The maximum absolute atomic E-state index is 10.7. The summed E-state index contributed by atoms with van der Waals surface area (Å²) in [6, 6.07) is 3.08. The van der Waals surface area contributed by atoms with Gasteiger partial charge in [-0.15, -0.1) is 0 Å². The van der Waals surface area contributed by atoms with E-state index in [0.717, 1.165) is 0 Å². The molecular weight excluding hydrogens is 215 g/mol. The van der Waals surface area contributed by atoms with E-state index < -0.39 is 13.4 Å². The van der Waals surface area contributed by atoms with E-state index in [0.29, 0.717) is 5.56 Å². The minimum atomic E-state index is -4.12. The van der Waals surface area contributed by atoms with Gasteiger partial charge in [0.15, 0.2) is 0 Å². The molecule has 0 aliphatic heterocycles. The van der Waals surface area contributed by atoms with E-state index >= 15 is 0 Å². The number of halogens is 1. The molecule has 1 aromatic heterocycles. The molecule has 74 valence electrons. The van der Waals surface area contributed by atoms with Gasteiger partial charge in [0.25, 0.3) is 0 Å². The predicted octanol–water partition coefficient (Wildman–Crippen LogP) is -3.50. The summed E-state index contributed by atoms with van der Waals surface area (Å²) < 4.78 is 10.7. The first-order chi connectivity index (χ1) is 5.52. The SMILES string of the molecule is [Cl-].[NH3+]C(c1ccncc1)P(=O)(O)O. The van der Waals surface area contributed by atoms with Crippen LogP contribution >= 0.6 is 7.60 Å². The van der Waals surface area contributed by atoms with Crippen molar-refractivity contribution in [2.45, 2.75) is 5.78 Å². The van der Waals surface area contributed by atoms with Gasteiger partial charge in [0.05, 0.1) is 0 Å². The standard InChI is InChI=1S/C6H9N2O3P.ClH/c7-6(12(9,10)11)5-1-3-8-4-2-5;/h1-4,6H,7H2,(H2,9,10,11);1H. The third kappa shape index (κ3) is 3.42. The Morgan fingerprint density at radius 3 is 2.23 bits per heavy atom. The van der Waals surface area contributed by atoms with Gasteiger partial charge in [0.2, 0.25) is 5.78 Å². The van der Waals surface area contributed by atoms with Crippen LogP contribution in [0.3, 0.4) is 0 Å². The Morgan fingerprint density at radius 1 is 1.38 bits per heavy atom. The van der Waals surface area contributed by atoms with Crippen molar-refractivity contribution in [3.8, 4) is 0 Å². The fraction of sp³-hybridized carbons (Fsp3) is 0.167. The van der Waals surface area contributed by atoms with Crippen LogP contribution in [0.2, 0.25) is 0 Å². The van der Waals surface area contributed by atoms with E-state index in [2.05, 4.69) is 10.7 Å². The quantitative estimate of drug-likeness (QED) is 0.454. The van der Waals surface area contributed by atoms with E-state index in [1.165, 1.54) is 24.5 Å². The van der Waals surface area contributed by atoms with Crippen molar-refractivity contribution in [3.63, 3.8) is 0 Å². The molecule has 1 aromatic rings. The number of nitrogens with zero attached hydrogens (tertiary/aromatic N) is 1. The molecule has 0 spiro atoms. The van der Waals surface area contributed by atoms with E-state index in [-0.39, 0.29) is 12.4 Å². The molecular formula is C6H10ClN2O3P. The second kappa shape index (κ2) is 4.69. The molecule has 0 bridgehead atoms. The van der Waals surface area contributed by atoms with Gasteiger partial charge in [0, 0.05) is 18.0 Å². The Labute approximate surface area is 81.6 Å². The molecule has 1 unspecified atom stereocenters. The summed E-state index contributed by atoms with van der Waals surface area (Å²) in [6.45, 7) is 0. The zero-order valence-corrected chi connectivity index (χ0v) is 8.32. The highest BCUT2D eigenvalue weighted by Gasteiger charge is 2.29. The molecule has 0 aromatic carbocycles. The molecule has 5 nitrogen and oxygen atoms in total. The van der Waals surface area contributed by atoms with E-state index in [9.17, 15) is 4.57 Å². The molecule has 0 fully saturated rings. The third-order valence-corrected chi connectivity index (χ3v) is 2.61. The molecule has 1 atom stereocenters. The van der Waals surface area contributed by atoms with Crippen LogP contribution in [-0.4, -0.2) is 14.8 Å². The van der Waals surface area contributed by atoms with E-state index in [1.807, 2.05) is 0 Å². The van der Waals surface area contributed by atoms with Gasteiger partial charge in [-0.05, 0) is 12.1 Å². The van der Waals surface area contributed by atoms with Crippen molar-refractivity contribution in [2.75, 3.05) is 0 Å². The molecule has 0 saturated carbocycles. The first-order valence-electron chi connectivity index (χ1n) is 3.30. The molecule has 5 N–H and O–H groups in total. The molecule has 13 heavy (non-hydrogen) atoms. The minimum absolute atomic E-state index is 0. The molecule has 0 amide bonds. The number of aromatic nitrogens is 1. The monoisotopic (exact) mass is 224 g/mol. The highest BCUT2D eigenvalue weighted by molar-refractivity contribution is 7.51. The molecule has 0 aliphatic carbocycles. The van der Waals surface area contributed by atoms with Crippen LogP contribution in [0.4, 0.5) is 0 Å². The predicted molar refractivity (Wildman–Crippen MR) is 41.9 cm³/mol. The van der Waals surface area contributed by atoms with Crippen molar-refractivity contribution >= 4 is 7.60 Å². The Kier molecular flexibility index (Phi) is 4.53. The van der Waals surface area contributed by atoms with Crippen LogP contribution in [0.25, 0.3) is 0 Å². The second-order valence-electron chi connectivity index (χ2n) is 2.39. The lowest BCUT2D eigenvalue weighted by Gasteiger charge is -2.09. The maximum atomic E-state index is 10.7. The van der Waals surface area contributed by atoms with Crippen LogP contribution in [0.15, 0.2) is 24.5 Å². The number of hydrogen-bond donors (Lipinski definition) is 3. The molecule has 7 heteroatoms. The Morgan fingerprint density at radius 2 is 1.85 bits per heavy atom. The Balaban J connectivity index is 0.00000144. The topological polar surface area (TPSA) is 98.1 Å². The van der Waals surface area contributed by atoms with Crippen LogP contribution in [-0.2, 0) is 4.57 Å². The van der Waals surface area contributed by atoms with Crippen LogP contribution in [0, 0.1) is 0 Å². The fourth-order valence-corrected chi connectivity index (χ4v) is 1.34. The van der Waals surface area contributed by atoms with E-state index in [4.69, 9.17) is 9.79 Å². The normalized spacial score (nSPS) is 13.2. The maximum Gasteiger partial charge on any atom is 0.387 e. The lowest BCUT2D eigenvalue weighted by Crippen LogP contribution is -3.00. The summed E-state index contributed by atoms with van der Waals surface area (Å²) in [7, 11) is -4.12. The number of hydrogen-bond acceptors (Lipinski definition) is 2. The van der Waals surface area contributed by atoms with Gasteiger partial charge < -0.3 is 27.9 Å².